The molecule has 1 fully saturated rings. The lowest BCUT2D eigenvalue weighted by molar-refractivity contribution is -0.145. The highest BCUT2D eigenvalue weighted by Gasteiger charge is 2.27. The van der Waals surface area contributed by atoms with E-state index in [2.05, 4.69) is 0 Å². The van der Waals surface area contributed by atoms with Crippen LogP contribution in [0.3, 0.4) is 0 Å². The molecule has 0 heterocycles. The van der Waals surface area contributed by atoms with E-state index in [1.54, 1.807) is 0 Å². The standard InChI is InChI=1S/C14H25NO3/c1-4-13(16)15(3)12-8-6-11(7-9-12)10-14(17)18-5-2/h11-12H,4-10H2,1-3H3. The molecule has 0 bridgehead atoms. The Balaban J connectivity index is 2.32. The molecule has 0 spiro atoms. The molecule has 104 valence electrons. The van der Waals surface area contributed by atoms with Crippen LogP contribution in [0.25, 0.3) is 0 Å². The molecule has 0 aliphatic heterocycles. The van der Waals surface area contributed by atoms with Crippen LogP contribution < -0.4 is 0 Å². The van der Waals surface area contributed by atoms with E-state index in [1.165, 1.54) is 0 Å². The maximum atomic E-state index is 11.6. The van der Waals surface area contributed by atoms with Gasteiger partial charge in [0.1, 0.15) is 0 Å². The van der Waals surface area contributed by atoms with E-state index >= 15 is 0 Å². The number of ether oxygens (including phenoxy) is 1. The van der Waals surface area contributed by atoms with E-state index in [0.717, 1.165) is 25.7 Å². The third-order valence-electron chi connectivity index (χ3n) is 3.82. The topological polar surface area (TPSA) is 46.6 Å². The van der Waals surface area contributed by atoms with Crippen LogP contribution in [0.5, 0.6) is 0 Å². The minimum atomic E-state index is -0.0843. The van der Waals surface area contributed by atoms with E-state index in [0.29, 0.717) is 31.4 Å². The molecule has 0 saturated heterocycles. The first kappa shape index (κ1) is 15.0. The maximum absolute atomic E-state index is 11.6. The van der Waals surface area contributed by atoms with Gasteiger partial charge in [0, 0.05) is 25.9 Å². The highest BCUT2D eigenvalue weighted by Crippen LogP contribution is 2.29. The fourth-order valence-corrected chi connectivity index (χ4v) is 2.64. The number of carbonyl (C=O) groups excluding carboxylic acids is 2. The summed E-state index contributed by atoms with van der Waals surface area (Å²) in [6.45, 7) is 4.19. The molecular weight excluding hydrogens is 230 g/mol. The second kappa shape index (κ2) is 7.39. The normalized spacial score (nSPS) is 23.5. The molecular formula is C14H25NO3. The highest BCUT2D eigenvalue weighted by atomic mass is 16.5. The van der Waals surface area contributed by atoms with Gasteiger partial charge < -0.3 is 9.64 Å². The Morgan fingerprint density at radius 1 is 1.17 bits per heavy atom. The molecule has 1 saturated carbocycles. The van der Waals surface area contributed by atoms with Crippen molar-refractivity contribution < 1.29 is 14.3 Å². The van der Waals surface area contributed by atoms with Crippen molar-refractivity contribution in [2.45, 2.75) is 58.4 Å². The number of hydrogen-bond acceptors (Lipinski definition) is 3. The van der Waals surface area contributed by atoms with Gasteiger partial charge in [0.05, 0.1) is 6.61 Å². The van der Waals surface area contributed by atoms with Crippen molar-refractivity contribution in [3.63, 3.8) is 0 Å². The Kier molecular flexibility index (Phi) is 6.16. The van der Waals surface area contributed by atoms with Crippen LogP contribution in [-0.2, 0) is 14.3 Å². The minimum absolute atomic E-state index is 0.0843. The Morgan fingerprint density at radius 2 is 1.78 bits per heavy atom. The van der Waals surface area contributed by atoms with Gasteiger partial charge >= 0.3 is 5.97 Å². The van der Waals surface area contributed by atoms with Gasteiger partial charge in [-0.2, -0.15) is 0 Å². The van der Waals surface area contributed by atoms with Crippen molar-refractivity contribution in [1.82, 2.24) is 4.90 Å². The lowest BCUT2D eigenvalue weighted by atomic mass is 9.83. The number of nitrogens with zero attached hydrogens (tertiary/aromatic N) is 1. The molecule has 1 amide bonds. The third-order valence-corrected chi connectivity index (χ3v) is 3.82. The highest BCUT2D eigenvalue weighted by molar-refractivity contribution is 5.75. The van der Waals surface area contributed by atoms with Crippen LogP contribution in [0, 0.1) is 5.92 Å². The Morgan fingerprint density at radius 3 is 2.28 bits per heavy atom. The summed E-state index contributed by atoms with van der Waals surface area (Å²) in [5.74, 6) is 0.563. The van der Waals surface area contributed by atoms with Crippen molar-refractivity contribution in [2.24, 2.45) is 5.92 Å². The first-order valence-electron chi connectivity index (χ1n) is 6.99. The molecule has 4 nitrogen and oxygen atoms in total. The number of amides is 1. The van der Waals surface area contributed by atoms with Gasteiger partial charge in [0.2, 0.25) is 5.91 Å². The van der Waals surface area contributed by atoms with Crippen molar-refractivity contribution in [3.8, 4) is 0 Å². The molecule has 1 aliphatic carbocycles. The number of rotatable bonds is 5. The summed E-state index contributed by atoms with van der Waals surface area (Å²) < 4.78 is 4.97. The molecule has 0 unspecified atom stereocenters. The summed E-state index contributed by atoms with van der Waals surface area (Å²) in [7, 11) is 1.89. The van der Waals surface area contributed by atoms with Crippen LogP contribution in [0.1, 0.15) is 52.4 Å². The van der Waals surface area contributed by atoms with Gasteiger partial charge in [-0.25, -0.2) is 0 Å². The van der Waals surface area contributed by atoms with Crippen LogP contribution in [-0.4, -0.2) is 36.5 Å². The van der Waals surface area contributed by atoms with Gasteiger partial charge in [-0.3, -0.25) is 9.59 Å². The van der Waals surface area contributed by atoms with Crippen molar-refractivity contribution in [2.75, 3.05) is 13.7 Å². The number of carbonyl (C=O) groups is 2. The van der Waals surface area contributed by atoms with Gasteiger partial charge in [0.15, 0.2) is 0 Å². The molecule has 1 rings (SSSR count). The summed E-state index contributed by atoms with van der Waals surface area (Å²) >= 11 is 0. The second-order valence-corrected chi connectivity index (χ2v) is 5.04. The molecule has 0 aromatic carbocycles. The monoisotopic (exact) mass is 255 g/mol. The molecule has 1 aliphatic rings. The fourth-order valence-electron chi connectivity index (χ4n) is 2.64. The molecule has 0 aromatic rings. The zero-order valence-electron chi connectivity index (χ0n) is 11.8. The average molecular weight is 255 g/mol. The molecule has 4 heteroatoms. The molecule has 0 radical (unpaired) electrons. The zero-order chi connectivity index (χ0) is 13.5. The van der Waals surface area contributed by atoms with E-state index in [-0.39, 0.29) is 11.9 Å². The molecule has 18 heavy (non-hydrogen) atoms. The Labute approximate surface area is 110 Å². The average Bonchev–Trinajstić information content (AvgIpc) is 2.38. The summed E-state index contributed by atoms with van der Waals surface area (Å²) in [4.78, 5) is 24.9. The molecule has 0 aromatic heterocycles. The third kappa shape index (κ3) is 4.31. The smallest absolute Gasteiger partial charge is 0.306 e. The van der Waals surface area contributed by atoms with Gasteiger partial charge in [-0.05, 0) is 38.5 Å². The SMILES string of the molecule is CCOC(=O)CC1CCC(N(C)C(=O)CC)CC1. The maximum Gasteiger partial charge on any atom is 0.306 e. The van der Waals surface area contributed by atoms with E-state index < -0.39 is 0 Å². The first-order chi connectivity index (χ1) is 8.58. The van der Waals surface area contributed by atoms with Crippen LogP contribution in [0.4, 0.5) is 0 Å². The molecule has 0 atom stereocenters. The second-order valence-electron chi connectivity index (χ2n) is 5.04. The first-order valence-corrected chi connectivity index (χ1v) is 6.99. The van der Waals surface area contributed by atoms with Crippen molar-refractivity contribution >= 4 is 11.9 Å². The van der Waals surface area contributed by atoms with E-state index in [9.17, 15) is 9.59 Å². The quantitative estimate of drug-likeness (QED) is 0.708. The number of esters is 1. The summed E-state index contributed by atoms with van der Waals surface area (Å²) in [6.07, 6.45) is 5.15. The van der Waals surface area contributed by atoms with Crippen LogP contribution in [0.15, 0.2) is 0 Å². The fraction of sp³-hybridized carbons (Fsp3) is 0.857. The van der Waals surface area contributed by atoms with E-state index in [4.69, 9.17) is 4.74 Å². The largest absolute Gasteiger partial charge is 0.466 e. The minimum Gasteiger partial charge on any atom is -0.466 e. The van der Waals surface area contributed by atoms with E-state index in [1.807, 2.05) is 25.8 Å². The summed E-state index contributed by atoms with van der Waals surface area (Å²) in [6, 6.07) is 0.357. The predicted octanol–water partition coefficient (Wildman–Crippen LogP) is 2.37. The summed E-state index contributed by atoms with van der Waals surface area (Å²) in [5.41, 5.74) is 0. The number of hydrogen-bond donors (Lipinski definition) is 0. The molecule has 0 N–H and O–H groups in total. The zero-order valence-corrected chi connectivity index (χ0v) is 11.8. The van der Waals surface area contributed by atoms with Gasteiger partial charge in [-0.1, -0.05) is 6.92 Å². The van der Waals surface area contributed by atoms with Gasteiger partial charge in [0.25, 0.3) is 0 Å². The van der Waals surface area contributed by atoms with Crippen molar-refractivity contribution in [3.05, 3.63) is 0 Å². The lowest BCUT2D eigenvalue weighted by Gasteiger charge is -2.34. The summed E-state index contributed by atoms with van der Waals surface area (Å²) in [5, 5.41) is 0. The Bertz CT molecular complexity index is 283. The van der Waals surface area contributed by atoms with Crippen LogP contribution >= 0.6 is 0 Å². The Hall–Kier alpha value is -1.06. The predicted molar refractivity (Wildman–Crippen MR) is 70.1 cm³/mol. The van der Waals surface area contributed by atoms with Gasteiger partial charge in [-0.15, -0.1) is 0 Å². The lowest BCUT2D eigenvalue weighted by Crippen LogP contribution is -2.39. The van der Waals surface area contributed by atoms with Crippen LogP contribution in [0.2, 0.25) is 0 Å². The van der Waals surface area contributed by atoms with Crippen molar-refractivity contribution in [1.29, 1.82) is 0 Å².